The molecule has 2 unspecified atom stereocenters. The fourth-order valence-electron chi connectivity index (χ4n) is 2.37. The fourth-order valence-corrected chi connectivity index (χ4v) is 2.37. The molecule has 0 fully saturated rings. The van der Waals surface area contributed by atoms with Gasteiger partial charge in [-0.2, -0.15) is 0 Å². The Kier molecular flexibility index (Phi) is 6.53. The molecule has 0 rings (SSSR count). The quantitative estimate of drug-likeness (QED) is 0.748. The molecule has 0 aromatic rings. The van der Waals surface area contributed by atoms with Gasteiger partial charge in [-0.3, -0.25) is 4.79 Å². The molecule has 0 amide bonds. The average molecular weight is 272 g/mol. The van der Waals surface area contributed by atoms with Gasteiger partial charge in [-0.15, -0.1) is 0 Å². The van der Waals surface area contributed by atoms with Gasteiger partial charge in [0.15, 0.2) is 0 Å². The molecule has 3 nitrogen and oxygen atoms in total. The lowest BCUT2D eigenvalue weighted by Gasteiger charge is -2.34. The van der Waals surface area contributed by atoms with Crippen LogP contribution in [0.3, 0.4) is 0 Å². The minimum Gasteiger partial charge on any atom is -0.459 e. The Bertz CT molecular complexity index is 285. The second kappa shape index (κ2) is 6.74. The number of esters is 1. The van der Waals surface area contributed by atoms with Crippen LogP contribution in [0, 0.1) is 17.3 Å². The van der Waals surface area contributed by atoms with E-state index in [-0.39, 0.29) is 17.3 Å². The number of aliphatic hydroxyl groups excluding tert-OH is 1. The molecule has 0 radical (unpaired) electrons. The second-order valence-corrected chi connectivity index (χ2v) is 7.78. The lowest BCUT2D eigenvalue weighted by molar-refractivity contribution is -0.168. The SMILES string of the molecule is CC(C)CC(C(=O)OC(C)(C)CC(C)O)C(C)(C)C. The van der Waals surface area contributed by atoms with E-state index in [0.717, 1.165) is 6.42 Å². The molecule has 0 saturated heterocycles. The second-order valence-electron chi connectivity index (χ2n) is 7.78. The Morgan fingerprint density at radius 3 is 1.89 bits per heavy atom. The van der Waals surface area contributed by atoms with Crippen molar-refractivity contribution in [3.05, 3.63) is 0 Å². The molecule has 1 N–H and O–H groups in total. The van der Waals surface area contributed by atoms with Gasteiger partial charge in [0.2, 0.25) is 0 Å². The van der Waals surface area contributed by atoms with Gasteiger partial charge in [0.1, 0.15) is 5.60 Å². The maximum atomic E-state index is 12.4. The zero-order valence-electron chi connectivity index (χ0n) is 13.9. The van der Waals surface area contributed by atoms with Crippen LogP contribution in [0.15, 0.2) is 0 Å². The van der Waals surface area contributed by atoms with Gasteiger partial charge in [0.25, 0.3) is 0 Å². The maximum Gasteiger partial charge on any atom is 0.310 e. The summed E-state index contributed by atoms with van der Waals surface area (Å²) in [6.45, 7) is 15.9. The van der Waals surface area contributed by atoms with Gasteiger partial charge >= 0.3 is 5.97 Å². The molecule has 3 heteroatoms. The van der Waals surface area contributed by atoms with Gasteiger partial charge in [-0.05, 0) is 38.5 Å². The summed E-state index contributed by atoms with van der Waals surface area (Å²) >= 11 is 0. The molecule has 0 bridgehead atoms. The van der Waals surface area contributed by atoms with Gasteiger partial charge < -0.3 is 9.84 Å². The van der Waals surface area contributed by atoms with Crippen molar-refractivity contribution < 1.29 is 14.6 Å². The highest BCUT2D eigenvalue weighted by Crippen LogP contribution is 2.34. The lowest BCUT2D eigenvalue weighted by atomic mass is 9.76. The minimum atomic E-state index is -0.619. The predicted octanol–water partition coefficient (Wildman–Crippen LogP) is 3.79. The molecule has 2 atom stereocenters. The maximum absolute atomic E-state index is 12.4. The number of ether oxygens (including phenoxy) is 1. The van der Waals surface area contributed by atoms with Crippen molar-refractivity contribution in [2.45, 2.75) is 79.9 Å². The molecule has 0 aromatic heterocycles. The lowest BCUT2D eigenvalue weighted by Crippen LogP contribution is -2.38. The van der Waals surface area contributed by atoms with Crippen LogP contribution < -0.4 is 0 Å². The summed E-state index contributed by atoms with van der Waals surface area (Å²) in [4.78, 5) is 12.4. The Morgan fingerprint density at radius 1 is 1.11 bits per heavy atom. The van der Waals surface area contributed by atoms with Crippen LogP contribution >= 0.6 is 0 Å². The topological polar surface area (TPSA) is 46.5 Å². The van der Waals surface area contributed by atoms with E-state index in [9.17, 15) is 9.90 Å². The van der Waals surface area contributed by atoms with Crippen molar-refractivity contribution in [2.75, 3.05) is 0 Å². The Labute approximate surface area is 118 Å². The first-order valence-electron chi connectivity index (χ1n) is 7.26. The first-order valence-corrected chi connectivity index (χ1v) is 7.26. The Morgan fingerprint density at radius 2 is 1.58 bits per heavy atom. The number of carbonyl (C=O) groups excluding carboxylic acids is 1. The summed E-state index contributed by atoms with van der Waals surface area (Å²) in [5.74, 6) is 0.198. The zero-order valence-corrected chi connectivity index (χ0v) is 13.9. The van der Waals surface area contributed by atoms with Crippen LogP contribution in [0.2, 0.25) is 0 Å². The van der Waals surface area contributed by atoms with Crippen LogP contribution in [0.25, 0.3) is 0 Å². The molecule has 0 aliphatic carbocycles. The minimum absolute atomic E-state index is 0.109. The molecule has 114 valence electrons. The number of hydrogen-bond donors (Lipinski definition) is 1. The summed E-state index contributed by atoms with van der Waals surface area (Å²) in [6, 6.07) is 0. The summed E-state index contributed by atoms with van der Waals surface area (Å²) in [7, 11) is 0. The molecule has 0 aromatic carbocycles. The molecular weight excluding hydrogens is 240 g/mol. The Balaban J connectivity index is 4.83. The molecule has 0 spiro atoms. The zero-order chi connectivity index (χ0) is 15.4. The smallest absolute Gasteiger partial charge is 0.310 e. The fraction of sp³-hybridized carbons (Fsp3) is 0.938. The van der Waals surface area contributed by atoms with E-state index >= 15 is 0 Å². The highest BCUT2D eigenvalue weighted by Gasteiger charge is 2.36. The van der Waals surface area contributed by atoms with Crippen LogP contribution in [0.1, 0.15) is 68.2 Å². The highest BCUT2D eigenvalue weighted by molar-refractivity contribution is 5.73. The summed E-state index contributed by atoms with van der Waals surface area (Å²) in [5, 5.41) is 9.45. The molecule has 0 saturated carbocycles. The summed E-state index contributed by atoms with van der Waals surface area (Å²) in [5.41, 5.74) is -0.728. The monoisotopic (exact) mass is 272 g/mol. The van der Waals surface area contributed by atoms with E-state index < -0.39 is 11.7 Å². The van der Waals surface area contributed by atoms with Crippen molar-refractivity contribution in [1.29, 1.82) is 0 Å². The number of rotatable bonds is 6. The standard InChI is InChI=1S/C16H32O3/c1-11(2)9-13(15(4,5)6)14(18)19-16(7,8)10-12(3)17/h11-13,17H,9-10H2,1-8H3. The third-order valence-corrected chi connectivity index (χ3v) is 3.20. The molecule has 0 heterocycles. The van der Waals surface area contributed by atoms with E-state index in [0.29, 0.717) is 12.3 Å². The molecular formula is C16H32O3. The third kappa shape index (κ3) is 7.56. The molecule has 19 heavy (non-hydrogen) atoms. The van der Waals surface area contributed by atoms with Crippen LogP contribution in [0.5, 0.6) is 0 Å². The van der Waals surface area contributed by atoms with Crippen molar-refractivity contribution in [1.82, 2.24) is 0 Å². The molecule has 0 aliphatic rings. The predicted molar refractivity (Wildman–Crippen MR) is 78.9 cm³/mol. The average Bonchev–Trinajstić information content (AvgIpc) is 2.08. The number of hydrogen-bond acceptors (Lipinski definition) is 3. The van der Waals surface area contributed by atoms with E-state index in [2.05, 4.69) is 34.6 Å². The van der Waals surface area contributed by atoms with Gasteiger partial charge in [0, 0.05) is 6.42 Å². The van der Waals surface area contributed by atoms with Gasteiger partial charge in [0.05, 0.1) is 12.0 Å². The van der Waals surface area contributed by atoms with E-state index in [4.69, 9.17) is 4.74 Å². The largest absolute Gasteiger partial charge is 0.459 e. The van der Waals surface area contributed by atoms with E-state index in [1.165, 1.54) is 0 Å². The number of aliphatic hydroxyl groups is 1. The van der Waals surface area contributed by atoms with Crippen molar-refractivity contribution in [3.63, 3.8) is 0 Å². The van der Waals surface area contributed by atoms with Gasteiger partial charge in [-0.25, -0.2) is 0 Å². The Hall–Kier alpha value is -0.570. The van der Waals surface area contributed by atoms with Crippen LogP contribution in [0.4, 0.5) is 0 Å². The van der Waals surface area contributed by atoms with Crippen molar-refractivity contribution in [3.8, 4) is 0 Å². The summed E-state index contributed by atoms with van der Waals surface area (Å²) < 4.78 is 5.64. The van der Waals surface area contributed by atoms with Gasteiger partial charge in [-0.1, -0.05) is 34.6 Å². The summed E-state index contributed by atoms with van der Waals surface area (Å²) in [6.07, 6.45) is 0.811. The van der Waals surface area contributed by atoms with E-state index in [1.807, 2.05) is 13.8 Å². The first-order chi connectivity index (χ1) is 8.35. The first kappa shape index (κ1) is 18.4. The van der Waals surface area contributed by atoms with Crippen LogP contribution in [-0.2, 0) is 9.53 Å². The van der Waals surface area contributed by atoms with Crippen molar-refractivity contribution in [2.24, 2.45) is 17.3 Å². The van der Waals surface area contributed by atoms with Crippen molar-refractivity contribution >= 4 is 5.97 Å². The highest BCUT2D eigenvalue weighted by atomic mass is 16.6. The third-order valence-electron chi connectivity index (χ3n) is 3.20. The van der Waals surface area contributed by atoms with Crippen LogP contribution in [-0.4, -0.2) is 22.8 Å². The normalized spacial score (nSPS) is 16.3. The van der Waals surface area contributed by atoms with E-state index in [1.54, 1.807) is 6.92 Å². The molecule has 0 aliphatic heterocycles. The number of carbonyl (C=O) groups is 1.